The predicted molar refractivity (Wildman–Crippen MR) is 68.3 cm³/mol. The van der Waals surface area contributed by atoms with Crippen LogP contribution in [0.4, 0.5) is 48.3 Å². The van der Waals surface area contributed by atoms with Gasteiger partial charge in [-0.2, -0.15) is 56.7 Å². The van der Waals surface area contributed by atoms with Gasteiger partial charge in [-0.15, -0.1) is 0 Å². The van der Waals surface area contributed by atoms with Gasteiger partial charge in [0.15, 0.2) is 0 Å². The molecule has 1 heterocycles. The molecule has 1 aromatic rings. The van der Waals surface area contributed by atoms with E-state index in [9.17, 15) is 61.5 Å². The molecule has 0 radical (unpaired) electrons. The molecule has 0 aliphatic carbocycles. The summed E-state index contributed by atoms with van der Waals surface area (Å²) in [5.41, 5.74) is -6.19. The molecule has 0 saturated heterocycles. The van der Waals surface area contributed by atoms with Gasteiger partial charge in [0.25, 0.3) is 6.61 Å². The number of pyridine rings is 1. The second kappa shape index (κ2) is 8.95. The Labute approximate surface area is 153 Å². The van der Waals surface area contributed by atoms with Gasteiger partial charge in [-0.3, -0.25) is 9.63 Å². The lowest BCUT2D eigenvalue weighted by molar-refractivity contribution is -0.894. The van der Waals surface area contributed by atoms with Crippen molar-refractivity contribution in [2.24, 2.45) is 0 Å². The molecule has 0 atom stereocenters. The fourth-order valence-electron chi connectivity index (χ4n) is 0.989. The number of carbonyl (C=O) groups excluding carboxylic acids is 1. The van der Waals surface area contributed by atoms with Crippen LogP contribution in [0.5, 0.6) is 0 Å². The van der Waals surface area contributed by atoms with Gasteiger partial charge in [0.05, 0.1) is 0 Å². The molecule has 18 heteroatoms. The summed E-state index contributed by atoms with van der Waals surface area (Å²) in [4.78, 5) is 14.5. The number of halogens is 11. The highest BCUT2D eigenvalue weighted by atomic mass is 32.2. The van der Waals surface area contributed by atoms with E-state index in [0.29, 0.717) is 0 Å². The Morgan fingerprint density at radius 3 is 1.66 bits per heavy atom. The fourth-order valence-corrected chi connectivity index (χ4v) is 1.48. The van der Waals surface area contributed by atoms with E-state index in [-0.39, 0.29) is 0 Å². The number of nitrogens with one attached hydrogen (secondary N) is 1. The largest absolute Gasteiger partial charge is 0.516 e. The first-order valence-electron chi connectivity index (χ1n) is 6.45. The summed E-state index contributed by atoms with van der Waals surface area (Å²) in [6.07, 6.45) is -8.02. The van der Waals surface area contributed by atoms with Crippen LogP contribution in [0.1, 0.15) is 0 Å². The summed E-state index contributed by atoms with van der Waals surface area (Å²) >= 11 is 0. The molecule has 6 nitrogen and oxygen atoms in total. The van der Waals surface area contributed by atoms with Crippen LogP contribution in [-0.2, 0) is 14.8 Å². The van der Waals surface area contributed by atoms with E-state index in [0.717, 1.165) is 4.73 Å². The SMILES string of the molecule is FC(F)(F)CO[n+]1ccccc1.O=C(NS(=O)(=O)C(F)(F)F)C(F)(F)C(F)(F)F. The minimum absolute atomic E-state index is 0.419. The topological polar surface area (TPSA) is 76.3 Å². The van der Waals surface area contributed by atoms with E-state index >= 15 is 0 Å². The molecule has 0 bridgehead atoms. The first-order chi connectivity index (χ1) is 12.7. The van der Waals surface area contributed by atoms with Crippen LogP contribution in [0, 0.1) is 0 Å². The maximum atomic E-state index is 12.1. The number of aromatic nitrogens is 1. The molecule has 1 aromatic heterocycles. The lowest BCUT2D eigenvalue weighted by Gasteiger charge is -2.18. The average Bonchev–Trinajstić information content (AvgIpc) is 2.51. The van der Waals surface area contributed by atoms with Crippen molar-refractivity contribution >= 4 is 15.9 Å². The number of hydrogen-bond donors (Lipinski definition) is 1. The van der Waals surface area contributed by atoms with Crippen molar-refractivity contribution in [3.63, 3.8) is 0 Å². The molecule has 0 aliphatic rings. The van der Waals surface area contributed by atoms with E-state index in [1.165, 1.54) is 12.4 Å². The lowest BCUT2D eigenvalue weighted by atomic mass is 10.3. The average molecular weight is 473 g/mol. The third-order valence-corrected chi connectivity index (χ3v) is 3.30. The van der Waals surface area contributed by atoms with E-state index in [1.54, 1.807) is 18.2 Å². The maximum Gasteiger partial charge on any atom is 0.516 e. The van der Waals surface area contributed by atoms with Crippen molar-refractivity contribution in [2.45, 2.75) is 23.8 Å². The normalized spacial score (nSPS) is 13.2. The lowest BCUT2D eigenvalue weighted by Crippen LogP contribution is -2.54. The number of amides is 1. The Bertz CT molecular complexity index is 773. The van der Waals surface area contributed by atoms with Crippen molar-refractivity contribution in [3.05, 3.63) is 30.6 Å². The van der Waals surface area contributed by atoms with Crippen LogP contribution < -0.4 is 14.3 Å². The highest BCUT2D eigenvalue weighted by Gasteiger charge is 2.65. The van der Waals surface area contributed by atoms with E-state index in [1.807, 2.05) is 0 Å². The van der Waals surface area contributed by atoms with Gasteiger partial charge >= 0.3 is 39.7 Å². The van der Waals surface area contributed by atoms with Gasteiger partial charge in [-0.25, -0.2) is 4.72 Å². The van der Waals surface area contributed by atoms with Crippen LogP contribution in [-0.4, -0.2) is 44.7 Å². The molecule has 0 aliphatic heterocycles. The van der Waals surface area contributed by atoms with Crippen molar-refractivity contribution in [3.8, 4) is 0 Å². The van der Waals surface area contributed by atoms with E-state index < -0.39 is 51.0 Å². The highest BCUT2D eigenvalue weighted by molar-refractivity contribution is 7.90. The minimum atomic E-state index is -6.62. The zero-order valence-electron chi connectivity index (χ0n) is 13.2. The summed E-state index contributed by atoms with van der Waals surface area (Å²) in [6, 6.07) is 4.85. The summed E-state index contributed by atoms with van der Waals surface area (Å²) in [6.45, 7) is -1.28. The number of rotatable bonds is 4. The van der Waals surface area contributed by atoms with E-state index in [4.69, 9.17) is 0 Å². The molecule has 0 aromatic carbocycles. The molecule has 0 spiro atoms. The monoisotopic (exact) mass is 473 g/mol. The Morgan fingerprint density at radius 2 is 1.31 bits per heavy atom. The third-order valence-electron chi connectivity index (χ3n) is 2.24. The maximum absolute atomic E-state index is 12.1. The zero-order valence-corrected chi connectivity index (χ0v) is 14.1. The second-order valence-electron chi connectivity index (χ2n) is 4.58. The van der Waals surface area contributed by atoms with Crippen LogP contribution >= 0.6 is 0 Å². The Balaban J connectivity index is 0.000000571. The predicted octanol–water partition coefficient (Wildman–Crippen LogP) is 2.11. The highest BCUT2D eigenvalue weighted by Crippen LogP contribution is 2.36. The molecule has 29 heavy (non-hydrogen) atoms. The molecule has 168 valence electrons. The number of carbonyl (C=O) groups is 1. The fraction of sp³-hybridized carbons (Fsp3) is 0.455. The second-order valence-corrected chi connectivity index (χ2v) is 6.25. The molecule has 0 fully saturated rings. The van der Waals surface area contributed by atoms with Gasteiger partial charge in [0.2, 0.25) is 12.4 Å². The Hall–Kier alpha value is -2.40. The summed E-state index contributed by atoms with van der Waals surface area (Å²) in [7, 11) is -6.62. The molecule has 0 saturated carbocycles. The summed E-state index contributed by atoms with van der Waals surface area (Å²) in [5, 5.41) is 0. The standard InChI is InChI=1S/C7H7F3NO.C4HF8NO3S/c8-7(9,10)6-12-11-4-2-1-3-5-11;5-2(6,3(7,8)9)1(14)13-17(15,16)4(10,11)12/h1-5H,6H2;(H,13,14)/q+1;. The molecule has 1 amide bonds. The van der Waals surface area contributed by atoms with Crippen molar-refractivity contribution in [1.29, 1.82) is 0 Å². The van der Waals surface area contributed by atoms with Crippen molar-refractivity contribution < 1.29 is 71.1 Å². The smallest absolute Gasteiger partial charge is 0.267 e. The van der Waals surface area contributed by atoms with Crippen molar-refractivity contribution in [1.82, 2.24) is 4.72 Å². The van der Waals surface area contributed by atoms with Gasteiger partial charge in [-0.05, 0) is 0 Å². The number of hydrogen-bond acceptors (Lipinski definition) is 4. The molecule has 1 rings (SSSR count). The van der Waals surface area contributed by atoms with Crippen LogP contribution in [0.25, 0.3) is 0 Å². The number of nitrogens with zero attached hydrogens (tertiary/aromatic N) is 1. The molecular weight excluding hydrogens is 465 g/mol. The minimum Gasteiger partial charge on any atom is -0.267 e. The van der Waals surface area contributed by atoms with Gasteiger partial charge in [0.1, 0.15) is 0 Å². The molecule has 0 unspecified atom stereocenters. The van der Waals surface area contributed by atoms with Gasteiger partial charge in [-0.1, -0.05) is 6.07 Å². The van der Waals surface area contributed by atoms with Gasteiger partial charge in [0, 0.05) is 16.9 Å². The van der Waals surface area contributed by atoms with Crippen LogP contribution in [0.15, 0.2) is 30.6 Å². The Kier molecular flexibility index (Phi) is 8.21. The summed E-state index contributed by atoms with van der Waals surface area (Å²) < 4.78 is 149. The summed E-state index contributed by atoms with van der Waals surface area (Å²) in [5.74, 6) is -9.90. The first-order valence-corrected chi connectivity index (χ1v) is 7.93. The zero-order chi connectivity index (χ0) is 23.3. The van der Waals surface area contributed by atoms with Crippen LogP contribution in [0.3, 0.4) is 0 Å². The third kappa shape index (κ3) is 8.65. The molecular formula is C11H8F11N2O4S+. The number of alkyl halides is 11. The first kappa shape index (κ1) is 26.6. The quantitative estimate of drug-likeness (QED) is 0.537. The van der Waals surface area contributed by atoms with Crippen molar-refractivity contribution in [2.75, 3.05) is 6.61 Å². The molecule has 1 N–H and O–H groups in total. The van der Waals surface area contributed by atoms with E-state index in [2.05, 4.69) is 4.84 Å². The van der Waals surface area contributed by atoms with Crippen LogP contribution in [0.2, 0.25) is 0 Å². The number of sulfonamides is 1. The van der Waals surface area contributed by atoms with Gasteiger partial charge < -0.3 is 0 Å². The Morgan fingerprint density at radius 1 is 0.862 bits per heavy atom.